The number of aliphatic carboxylic acids is 1. The molecule has 2 bridgehead atoms. The quantitative estimate of drug-likeness (QED) is 0.590. The second-order valence-electron chi connectivity index (χ2n) is 4.40. The molecule has 0 aromatic carbocycles. The maximum atomic E-state index is 11.4. The Kier molecular flexibility index (Phi) is 1.16. The number of hydrogen-bond acceptors (Lipinski definition) is 2. The van der Waals surface area contributed by atoms with Crippen LogP contribution < -0.4 is 5.32 Å². The van der Waals surface area contributed by atoms with Crippen LogP contribution in [-0.4, -0.2) is 23.0 Å². The van der Waals surface area contributed by atoms with Crippen LogP contribution in [0, 0.1) is 23.7 Å². The van der Waals surface area contributed by atoms with Crippen molar-refractivity contribution >= 4 is 11.9 Å². The van der Waals surface area contributed by atoms with Crippen molar-refractivity contribution in [3.63, 3.8) is 0 Å². The molecule has 13 heavy (non-hydrogen) atoms. The summed E-state index contributed by atoms with van der Waals surface area (Å²) in [6.45, 7) is 0. The Labute approximate surface area is 75.3 Å². The summed E-state index contributed by atoms with van der Waals surface area (Å²) in [5.74, 6) is -0.865. The van der Waals surface area contributed by atoms with E-state index < -0.39 is 11.9 Å². The zero-order chi connectivity index (χ0) is 9.16. The van der Waals surface area contributed by atoms with Gasteiger partial charge in [-0.2, -0.15) is 0 Å². The SMILES string of the molecule is O=C(O)[C@H]1[C@H]2C[C@@H]3[C@@H]1C(=O)N[C@@H]3C2. The van der Waals surface area contributed by atoms with E-state index in [1.165, 1.54) is 0 Å². The molecule has 2 saturated carbocycles. The van der Waals surface area contributed by atoms with E-state index in [0.717, 1.165) is 12.8 Å². The van der Waals surface area contributed by atoms with Crippen molar-refractivity contribution in [3.05, 3.63) is 0 Å². The summed E-state index contributed by atoms with van der Waals surface area (Å²) < 4.78 is 0. The zero-order valence-electron chi connectivity index (χ0n) is 7.06. The van der Waals surface area contributed by atoms with E-state index in [2.05, 4.69) is 5.32 Å². The van der Waals surface area contributed by atoms with Gasteiger partial charge in [0.15, 0.2) is 0 Å². The van der Waals surface area contributed by atoms with Crippen molar-refractivity contribution in [2.45, 2.75) is 18.9 Å². The summed E-state index contributed by atoms with van der Waals surface area (Å²) in [5, 5.41) is 11.9. The minimum absolute atomic E-state index is 0.0256. The highest BCUT2D eigenvalue weighted by Crippen LogP contribution is 2.55. The van der Waals surface area contributed by atoms with Crippen LogP contribution in [-0.2, 0) is 9.59 Å². The summed E-state index contributed by atoms with van der Waals surface area (Å²) in [4.78, 5) is 22.4. The molecule has 0 radical (unpaired) electrons. The van der Waals surface area contributed by atoms with E-state index >= 15 is 0 Å². The largest absolute Gasteiger partial charge is 0.481 e. The molecule has 2 N–H and O–H groups in total. The predicted octanol–water partition coefficient (Wildman–Crippen LogP) is -0.158. The molecule has 3 fully saturated rings. The fourth-order valence-electron chi connectivity index (χ4n) is 3.52. The third-order valence-corrected chi connectivity index (χ3v) is 3.92. The van der Waals surface area contributed by atoms with Crippen LogP contribution in [0.1, 0.15) is 12.8 Å². The molecule has 70 valence electrons. The minimum Gasteiger partial charge on any atom is -0.481 e. The summed E-state index contributed by atoms with van der Waals surface area (Å²) >= 11 is 0. The van der Waals surface area contributed by atoms with Crippen LogP contribution in [0.2, 0.25) is 0 Å². The van der Waals surface area contributed by atoms with Gasteiger partial charge in [0.25, 0.3) is 0 Å². The number of carboxylic acid groups (broad SMARTS) is 1. The maximum absolute atomic E-state index is 11.4. The lowest BCUT2D eigenvalue weighted by Gasteiger charge is -2.21. The van der Waals surface area contributed by atoms with E-state index in [0.29, 0.717) is 5.92 Å². The Bertz CT molecular complexity index is 299. The highest BCUT2D eigenvalue weighted by Gasteiger charge is 2.62. The minimum atomic E-state index is -0.784. The molecule has 0 spiro atoms. The van der Waals surface area contributed by atoms with Crippen LogP contribution in [0.3, 0.4) is 0 Å². The highest BCUT2D eigenvalue weighted by atomic mass is 16.4. The Morgan fingerprint density at radius 3 is 2.92 bits per heavy atom. The van der Waals surface area contributed by atoms with E-state index in [-0.39, 0.29) is 23.8 Å². The van der Waals surface area contributed by atoms with Gasteiger partial charge < -0.3 is 10.4 Å². The molecule has 2 aliphatic carbocycles. The molecule has 1 saturated heterocycles. The lowest BCUT2D eigenvalue weighted by atomic mass is 9.80. The van der Waals surface area contributed by atoms with Crippen molar-refractivity contribution in [1.82, 2.24) is 5.32 Å². The third kappa shape index (κ3) is 0.716. The molecule has 4 nitrogen and oxygen atoms in total. The summed E-state index contributed by atoms with van der Waals surface area (Å²) in [6, 6.07) is 0.290. The number of fused-ring (bicyclic) bond motifs is 1. The Morgan fingerprint density at radius 1 is 1.46 bits per heavy atom. The van der Waals surface area contributed by atoms with Crippen molar-refractivity contribution in [2.75, 3.05) is 0 Å². The first-order valence-corrected chi connectivity index (χ1v) is 4.71. The second kappa shape index (κ2) is 2.05. The van der Waals surface area contributed by atoms with Gasteiger partial charge in [0, 0.05) is 6.04 Å². The molecule has 1 amide bonds. The number of carboxylic acids is 1. The Morgan fingerprint density at radius 2 is 2.23 bits per heavy atom. The standard InChI is InChI=1S/C9H11NO3/c11-8-7-4-1-3(2-5(4)10-8)6(7)9(12)13/h3-7H,1-2H2,(H,10,11)(H,12,13)/t3-,4-,5+,6-,7-/m0/s1. The van der Waals surface area contributed by atoms with Gasteiger partial charge in [-0.3, -0.25) is 9.59 Å². The van der Waals surface area contributed by atoms with E-state index in [9.17, 15) is 9.59 Å². The van der Waals surface area contributed by atoms with Crippen molar-refractivity contribution in [1.29, 1.82) is 0 Å². The first kappa shape index (κ1) is 7.35. The van der Waals surface area contributed by atoms with Crippen molar-refractivity contribution in [2.24, 2.45) is 23.7 Å². The number of amides is 1. The van der Waals surface area contributed by atoms with Gasteiger partial charge in [-0.1, -0.05) is 0 Å². The second-order valence-corrected chi connectivity index (χ2v) is 4.40. The summed E-state index contributed by atoms with van der Waals surface area (Å²) in [6.07, 6.45) is 1.81. The van der Waals surface area contributed by atoms with Crippen molar-refractivity contribution in [3.8, 4) is 0 Å². The summed E-state index contributed by atoms with van der Waals surface area (Å²) in [5.41, 5.74) is 0. The van der Waals surface area contributed by atoms with Gasteiger partial charge in [0.2, 0.25) is 5.91 Å². The molecular formula is C9H11NO3. The fraction of sp³-hybridized carbons (Fsp3) is 0.778. The smallest absolute Gasteiger partial charge is 0.307 e. The van der Waals surface area contributed by atoms with Crippen LogP contribution in [0.5, 0.6) is 0 Å². The van der Waals surface area contributed by atoms with Crippen LogP contribution >= 0.6 is 0 Å². The topological polar surface area (TPSA) is 66.4 Å². The lowest BCUT2D eigenvalue weighted by molar-refractivity contribution is -0.147. The Hall–Kier alpha value is -1.06. The van der Waals surface area contributed by atoms with Gasteiger partial charge in [0.1, 0.15) is 0 Å². The number of carbonyl (C=O) groups is 2. The predicted molar refractivity (Wildman–Crippen MR) is 42.8 cm³/mol. The average Bonchev–Trinajstić information content (AvgIpc) is 2.60. The Balaban J connectivity index is 2.01. The van der Waals surface area contributed by atoms with Gasteiger partial charge >= 0.3 is 5.97 Å². The van der Waals surface area contributed by atoms with Gasteiger partial charge in [0.05, 0.1) is 11.8 Å². The number of rotatable bonds is 1. The molecule has 0 aromatic rings. The molecule has 5 atom stereocenters. The molecule has 1 aliphatic heterocycles. The molecular weight excluding hydrogens is 170 g/mol. The van der Waals surface area contributed by atoms with Crippen molar-refractivity contribution < 1.29 is 14.7 Å². The molecule has 3 aliphatic rings. The average molecular weight is 181 g/mol. The third-order valence-electron chi connectivity index (χ3n) is 3.92. The number of nitrogens with one attached hydrogen (secondary N) is 1. The first-order chi connectivity index (χ1) is 6.18. The monoisotopic (exact) mass is 181 g/mol. The zero-order valence-corrected chi connectivity index (χ0v) is 7.06. The van der Waals surface area contributed by atoms with E-state index in [1.807, 2.05) is 0 Å². The molecule has 1 heterocycles. The van der Waals surface area contributed by atoms with E-state index in [1.54, 1.807) is 0 Å². The van der Waals surface area contributed by atoms with Gasteiger partial charge in [-0.05, 0) is 24.7 Å². The number of carbonyl (C=O) groups excluding carboxylic acids is 1. The number of hydrogen-bond donors (Lipinski definition) is 2. The lowest BCUT2D eigenvalue weighted by Crippen LogP contribution is -2.31. The van der Waals surface area contributed by atoms with Crippen LogP contribution in [0.4, 0.5) is 0 Å². The normalized spacial score (nSPS) is 51.1. The molecule has 0 unspecified atom stereocenters. The van der Waals surface area contributed by atoms with Crippen LogP contribution in [0.25, 0.3) is 0 Å². The van der Waals surface area contributed by atoms with E-state index in [4.69, 9.17) is 5.11 Å². The van der Waals surface area contributed by atoms with Crippen LogP contribution in [0.15, 0.2) is 0 Å². The molecule has 4 heteroatoms. The molecule has 3 rings (SSSR count). The highest BCUT2D eigenvalue weighted by molar-refractivity contribution is 5.89. The summed E-state index contributed by atoms with van der Waals surface area (Å²) in [7, 11) is 0. The van der Waals surface area contributed by atoms with Gasteiger partial charge in [-0.25, -0.2) is 0 Å². The fourth-order valence-corrected chi connectivity index (χ4v) is 3.52. The molecule has 0 aromatic heterocycles. The maximum Gasteiger partial charge on any atom is 0.307 e. The first-order valence-electron chi connectivity index (χ1n) is 4.71. The van der Waals surface area contributed by atoms with Gasteiger partial charge in [-0.15, -0.1) is 0 Å².